The Bertz CT molecular complexity index is 570. The fourth-order valence-corrected chi connectivity index (χ4v) is 2.48. The van der Waals surface area contributed by atoms with E-state index in [2.05, 4.69) is 32.3 Å². The minimum atomic E-state index is -0.0251. The van der Waals surface area contributed by atoms with Crippen LogP contribution in [-0.4, -0.2) is 69.1 Å². The van der Waals surface area contributed by atoms with E-state index in [-0.39, 0.29) is 36.4 Å². The van der Waals surface area contributed by atoms with Crippen molar-refractivity contribution in [1.82, 2.24) is 15.1 Å². The number of amides is 1. The molecule has 0 bridgehead atoms. The van der Waals surface area contributed by atoms with Crippen molar-refractivity contribution in [1.29, 1.82) is 0 Å². The van der Waals surface area contributed by atoms with Crippen LogP contribution in [0.3, 0.4) is 0 Å². The first-order valence-electron chi connectivity index (χ1n) is 8.46. The van der Waals surface area contributed by atoms with Crippen molar-refractivity contribution in [2.75, 3.05) is 47.4 Å². The van der Waals surface area contributed by atoms with Crippen LogP contribution in [0.15, 0.2) is 33.7 Å². The molecule has 0 saturated heterocycles. The van der Waals surface area contributed by atoms with Gasteiger partial charge in [0, 0.05) is 51.9 Å². The molecule has 0 heterocycles. The molecule has 0 spiro atoms. The van der Waals surface area contributed by atoms with Gasteiger partial charge in [-0.25, -0.2) is 4.99 Å². The van der Waals surface area contributed by atoms with Crippen molar-refractivity contribution >= 4 is 51.8 Å². The third kappa shape index (κ3) is 9.72. The standard InChI is InChI=1S/C18H29BrN4O2.HI/c1-5-25-12-8-11-20-18(21-13-17(24)22(2)3)23(4)14-15-9-6-7-10-16(15)19;/h6-7,9-10H,5,8,11-14H2,1-4H3,(H,20,21);1H. The number of likely N-dealkylation sites (N-methyl/N-ethyl adjacent to an activating group) is 1. The number of aliphatic imine (C=N–C) groups is 1. The van der Waals surface area contributed by atoms with Crippen LogP contribution in [0.4, 0.5) is 0 Å². The molecule has 148 valence electrons. The summed E-state index contributed by atoms with van der Waals surface area (Å²) < 4.78 is 6.41. The summed E-state index contributed by atoms with van der Waals surface area (Å²) in [6.45, 7) is 4.98. The largest absolute Gasteiger partial charge is 0.382 e. The highest BCUT2D eigenvalue weighted by atomic mass is 127. The molecule has 1 N–H and O–H groups in total. The Balaban J connectivity index is 0.00000625. The molecule has 0 aliphatic heterocycles. The van der Waals surface area contributed by atoms with Gasteiger partial charge in [-0.15, -0.1) is 24.0 Å². The molecule has 6 nitrogen and oxygen atoms in total. The highest BCUT2D eigenvalue weighted by Gasteiger charge is 2.10. The second-order valence-electron chi connectivity index (χ2n) is 5.85. The van der Waals surface area contributed by atoms with E-state index in [4.69, 9.17) is 4.74 Å². The number of hydrogen-bond donors (Lipinski definition) is 1. The minimum absolute atomic E-state index is 0. The monoisotopic (exact) mass is 540 g/mol. The minimum Gasteiger partial charge on any atom is -0.382 e. The average molecular weight is 541 g/mol. The maximum Gasteiger partial charge on any atom is 0.243 e. The van der Waals surface area contributed by atoms with Gasteiger partial charge >= 0.3 is 0 Å². The van der Waals surface area contributed by atoms with Crippen LogP contribution in [-0.2, 0) is 16.1 Å². The molecule has 8 heteroatoms. The summed E-state index contributed by atoms with van der Waals surface area (Å²) in [6, 6.07) is 8.09. The maximum atomic E-state index is 11.8. The maximum absolute atomic E-state index is 11.8. The fourth-order valence-electron chi connectivity index (χ4n) is 2.07. The van der Waals surface area contributed by atoms with Gasteiger partial charge in [-0.3, -0.25) is 4.79 Å². The number of guanidine groups is 1. The molecular formula is C18H30BrIN4O2. The van der Waals surface area contributed by atoms with Crippen LogP contribution in [0, 0.1) is 0 Å². The predicted molar refractivity (Wildman–Crippen MR) is 121 cm³/mol. The predicted octanol–water partition coefficient (Wildman–Crippen LogP) is 2.96. The van der Waals surface area contributed by atoms with Crippen LogP contribution in [0.25, 0.3) is 0 Å². The Labute approximate surface area is 182 Å². The Kier molecular flexibility index (Phi) is 13.7. The Morgan fingerprint density at radius 2 is 1.96 bits per heavy atom. The molecule has 0 aliphatic carbocycles. The third-order valence-electron chi connectivity index (χ3n) is 3.54. The average Bonchev–Trinajstić information content (AvgIpc) is 2.58. The van der Waals surface area contributed by atoms with Crippen molar-refractivity contribution in [3.63, 3.8) is 0 Å². The van der Waals surface area contributed by atoms with E-state index in [0.29, 0.717) is 19.1 Å². The molecule has 0 saturated carbocycles. The fraction of sp³-hybridized carbons (Fsp3) is 0.556. The third-order valence-corrected chi connectivity index (χ3v) is 4.32. The van der Waals surface area contributed by atoms with Crippen molar-refractivity contribution in [3.8, 4) is 0 Å². The molecule has 26 heavy (non-hydrogen) atoms. The van der Waals surface area contributed by atoms with Gasteiger partial charge < -0.3 is 19.9 Å². The number of nitrogens with one attached hydrogen (secondary N) is 1. The molecule has 1 aromatic rings. The molecule has 0 atom stereocenters. The normalized spacial score (nSPS) is 10.9. The topological polar surface area (TPSA) is 57.2 Å². The van der Waals surface area contributed by atoms with E-state index >= 15 is 0 Å². The number of nitrogens with zero attached hydrogens (tertiary/aromatic N) is 3. The van der Waals surface area contributed by atoms with E-state index in [0.717, 1.165) is 29.6 Å². The van der Waals surface area contributed by atoms with Gasteiger partial charge in [-0.2, -0.15) is 0 Å². The van der Waals surface area contributed by atoms with Gasteiger partial charge in [0.1, 0.15) is 6.54 Å². The summed E-state index contributed by atoms with van der Waals surface area (Å²) >= 11 is 3.57. The number of hydrogen-bond acceptors (Lipinski definition) is 3. The lowest BCUT2D eigenvalue weighted by Crippen LogP contribution is -2.40. The summed E-state index contributed by atoms with van der Waals surface area (Å²) in [4.78, 5) is 19.9. The smallest absolute Gasteiger partial charge is 0.243 e. The first-order valence-corrected chi connectivity index (χ1v) is 9.25. The lowest BCUT2D eigenvalue weighted by atomic mass is 10.2. The number of benzene rings is 1. The molecular weight excluding hydrogens is 511 g/mol. The van der Waals surface area contributed by atoms with Crippen molar-refractivity contribution in [2.24, 2.45) is 4.99 Å². The van der Waals surface area contributed by atoms with E-state index in [9.17, 15) is 4.79 Å². The summed E-state index contributed by atoms with van der Waals surface area (Å²) in [7, 11) is 5.43. The van der Waals surface area contributed by atoms with E-state index in [1.807, 2.05) is 37.1 Å². The van der Waals surface area contributed by atoms with E-state index in [1.54, 1.807) is 19.0 Å². The summed E-state index contributed by atoms with van der Waals surface area (Å²) in [5, 5.41) is 3.32. The molecule has 0 radical (unpaired) electrons. The van der Waals surface area contributed by atoms with Gasteiger partial charge in [0.2, 0.25) is 5.91 Å². The number of rotatable bonds is 9. The van der Waals surface area contributed by atoms with Crippen LogP contribution >= 0.6 is 39.9 Å². The highest BCUT2D eigenvalue weighted by Crippen LogP contribution is 2.17. The van der Waals surface area contributed by atoms with Crippen LogP contribution < -0.4 is 5.32 Å². The van der Waals surface area contributed by atoms with Gasteiger partial charge in [0.15, 0.2) is 5.96 Å². The van der Waals surface area contributed by atoms with Crippen LogP contribution in [0.1, 0.15) is 18.9 Å². The Morgan fingerprint density at radius 3 is 2.58 bits per heavy atom. The molecule has 0 fully saturated rings. The zero-order chi connectivity index (χ0) is 18.7. The van der Waals surface area contributed by atoms with Crippen molar-refractivity contribution in [2.45, 2.75) is 19.9 Å². The second-order valence-corrected chi connectivity index (χ2v) is 6.71. The summed E-state index contributed by atoms with van der Waals surface area (Å²) in [5.74, 6) is 0.686. The van der Waals surface area contributed by atoms with Gasteiger partial charge in [0.25, 0.3) is 0 Å². The zero-order valence-corrected chi connectivity index (χ0v) is 19.9. The van der Waals surface area contributed by atoms with Gasteiger partial charge in [-0.05, 0) is 25.0 Å². The molecule has 1 rings (SSSR count). The zero-order valence-electron chi connectivity index (χ0n) is 16.0. The van der Waals surface area contributed by atoms with Crippen molar-refractivity contribution in [3.05, 3.63) is 34.3 Å². The van der Waals surface area contributed by atoms with E-state index < -0.39 is 0 Å². The SMILES string of the molecule is CCOCCCNC(=NCC(=O)N(C)C)N(C)Cc1ccccc1Br.I. The molecule has 0 aliphatic rings. The Hall–Kier alpha value is -0.870. The second kappa shape index (κ2) is 14.2. The number of ether oxygens (including phenoxy) is 1. The summed E-state index contributed by atoms with van der Waals surface area (Å²) in [6.07, 6.45) is 0.886. The quantitative estimate of drug-likeness (QED) is 0.226. The number of halogens is 2. The lowest BCUT2D eigenvalue weighted by Gasteiger charge is -2.23. The van der Waals surface area contributed by atoms with Crippen LogP contribution in [0.2, 0.25) is 0 Å². The van der Waals surface area contributed by atoms with Gasteiger partial charge in [-0.1, -0.05) is 34.1 Å². The Morgan fingerprint density at radius 1 is 1.27 bits per heavy atom. The van der Waals surface area contributed by atoms with Crippen molar-refractivity contribution < 1.29 is 9.53 Å². The first kappa shape index (κ1) is 25.1. The number of carbonyl (C=O) groups excluding carboxylic acids is 1. The summed E-state index contributed by atoms with van der Waals surface area (Å²) in [5.41, 5.74) is 1.16. The number of carbonyl (C=O) groups is 1. The molecule has 1 aromatic carbocycles. The molecule has 0 aromatic heterocycles. The van der Waals surface area contributed by atoms with Gasteiger partial charge in [0.05, 0.1) is 0 Å². The van der Waals surface area contributed by atoms with E-state index in [1.165, 1.54) is 0 Å². The molecule has 0 unspecified atom stereocenters. The first-order chi connectivity index (χ1) is 12.0. The van der Waals surface area contributed by atoms with Crippen LogP contribution in [0.5, 0.6) is 0 Å². The highest BCUT2D eigenvalue weighted by molar-refractivity contribution is 14.0. The lowest BCUT2D eigenvalue weighted by molar-refractivity contribution is -0.127. The molecule has 1 amide bonds.